The van der Waals surface area contributed by atoms with Crippen molar-refractivity contribution in [1.29, 1.82) is 0 Å². The number of hydrogen-bond acceptors (Lipinski definition) is 3. The van der Waals surface area contributed by atoms with Crippen molar-refractivity contribution in [3.8, 4) is 5.75 Å². The Kier molecular flexibility index (Phi) is 4.61. The third kappa shape index (κ3) is 3.71. The van der Waals surface area contributed by atoms with Gasteiger partial charge in [0.15, 0.2) is 0 Å². The van der Waals surface area contributed by atoms with Crippen LogP contribution in [0.3, 0.4) is 0 Å². The summed E-state index contributed by atoms with van der Waals surface area (Å²) >= 11 is 5.71. The van der Waals surface area contributed by atoms with Crippen molar-refractivity contribution in [2.75, 3.05) is 18.4 Å². The highest BCUT2D eigenvalue weighted by Crippen LogP contribution is 2.29. The molecule has 0 aromatic heterocycles. The van der Waals surface area contributed by atoms with Crippen molar-refractivity contribution < 1.29 is 23.4 Å². The fourth-order valence-corrected chi connectivity index (χ4v) is 2.06. The van der Waals surface area contributed by atoms with Crippen LogP contribution < -0.4 is 10.1 Å². The van der Waals surface area contributed by atoms with Gasteiger partial charge in [-0.3, -0.25) is 0 Å². The van der Waals surface area contributed by atoms with Crippen LogP contribution >= 0.6 is 11.6 Å². The predicted octanol–water partition coefficient (Wildman–Crippen LogP) is 2.54. The number of aliphatic hydroxyl groups is 1. The Bertz CT molecular complexity index is 502. The van der Waals surface area contributed by atoms with Crippen LogP contribution in [0.25, 0.3) is 0 Å². The molecule has 20 heavy (non-hydrogen) atoms. The summed E-state index contributed by atoms with van der Waals surface area (Å²) < 4.78 is 28.6. The summed E-state index contributed by atoms with van der Waals surface area (Å²) in [6, 6.07) is 3.64. The summed E-state index contributed by atoms with van der Waals surface area (Å²) in [5.74, 6) is -0.207. The number of likely N-dealkylation sites (tertiary alicyclic amines) is 1. The van der Waals surface area contributed by atoms with E-state index in [0.717, 1.165) is 0 Å². The van der Waals surface area contributed by atoms with Crippen LogP contribution in [0, 0.1) is 0 Å². The van der Waals surface area contributed by atoms with Crippen LogP contribution in [0.1, 0.15) is 6.42 Å². The fourth-order valence-electron chi connectivity index (χ4n) is 1.90. The highest BCUT2D eigenvalue weighted by Gasteiger charge is 2.24. The van der Waals surface area contributed by atoms with Gasteiger partial charge in [0.1, 0.15) is 5.75 Å². The van der Waals surface area contributed by atoms with E-state index in [1.807, 2.05) is 0 Å². The molecule has 0 spiro atoms. The number of urea groups is 1. The van der Waals surface area contributed by atoms with Gasteiger partial charge in [0.2, 0.25) is 0 Å². The van der Waals surface area contributed by atoms with Gasteiger partial charge in [-0.2, -0.15) is 8.78 Å². The van der Waals surface area contributed by atoms with E-state index in [-0.39, 0.29) is 23.0 Å². The van der Waals surface area contributed by atoms with E-state index in [9.17, 15) is 18.7 Å². The molecule has 1 aliphatic heterocycles. The summed E-state index contributed by atoms with van der Waals surface area (Å²) in [6.45, 7) is -2.30. The van der Waals surface area contributed by atoms with E-state index < -0.39 is 18.7 Å². The number of nitrogens with zero attached hydrogens (tertiary/aromatic N) is 1. The molecule has 0 bridgehead atoms. The fraction of sp³-hybridized carbons (Fsp3) is 0.417. The number of halogens is 3. The van der Waals surface area contributed by atoms with Gasteiger partial charge in [-0.05, 0) is 18.6 Å². The third-order valence-corrected chi connectivity index (χ3v) is 3.16. The molecule has 8 heteroatoms. The molecule has 0 unspecified atom stereocenters. The molecular weight excluding hydrogens is 294 g/mol. The molecular formula is C12H13ClF2N2O3. The number of alkyl halides is 2. The predicted molar refractivity (Wildman–Crippen MR) is 69.3 cm³/mol. The zero-order valence-electron chi connectivity index (χ0n) is 10.4. The Hall–Kier alpha value is -1.60. The minimum atomic E-state index is -2.99. The number of rotatable bonds is 3. The molecule has 5 nitrogen and oxygen atoms in total. The Morgan fingerprint density at radius 2 is 2.30 bits per heavy atom. The molecule has 2 N–H and O–H groups in total. The van der Waals surface area contributed by atoms with E-state index in [0.29, 0.717) is 13.0 Å². The van der Waals surface area contributed by atoms with E-state index in [4.69, 9.17) is 11.6 Å². The number of carbonyl (C=O) groups excluding carboxylic acids is 1. The zero-order valence-corrected chi connectivity index (χ0v) is 11.1. The standard InChI is InChI=1S/C12H13ClF2N2O3/c13-9-2-1-7(5-10(9)20-11(14)15)16-12(19)17-4-3-8(18)6-17/h1-2,5,8,11,18H,3-4,6H2,(H,16,19)/t8-/m0/s1. The largest absolute Gasteiger partial charge is 0.433 e. The molecule has 2 amide bonds. The second-order valence-corrected chi connectivity index (χ2v) is 4.75. The van der Waals surface area contributed by atoms with Crippen molar-refractivity contribution >= 4 is 23.3 Å². The van der Waals surface area contributed by atoms with Crippen molar-refractivity contribution in [1.82, 2.24) is 4.90 Å². The molecule has 1 aliphatic rings. The maximum atomic E-state index is 12.2. The summed E-state index contributed by atoms with van der Waals surface area (Å²) in [5, 5.41) is 11.9. The molecule has 0 aliphatic carbocycles. The summed E-state index contributed by atoms with van der Waals surface area (Å²) in [6.07, 6.45) is -0.00275. The highest BCUT2D eigenvalue weighted by molar-refractivity contribution is 6.32. The number of β-amino-alcohol motifs (C(OH)–C–C–N with tert-alkyl or cyclic N) is 1. The van der Waals surface area contributed by atoms with Gasteiger partial charge in [0.25, 0.3) is 0 Å². The van der Waals surface area contributed by atoms with Crippen LogP contribution in [-0.2, 0) is 0 Å². The molecule has 110 valence electrons. The number of nitrogens with one attached hydrogen (secondary N) is 1. The number of amides is 2. The van der Waals surface area contributed by atoms with Crippen molar-refractivity contribution in [2.24, 2.45) is 0 Å². The van der Waals surface area contributed by atoms with Gasteiger partial charge < -0.3 is 20.1 Å². The number of ether oxygens (including phenoxy) is 1. The Balaban J connectivity index is 2.04. The first-order valence-electron chi connectivity index (χ1n) is 5.94. The Morgan fingerprint density at radius 1 is 1.55 bits per heavy atom. The van der Waals surface area contributed by atoms with Crippen LogP contribution in [0.5, 0.6) is 5.75 Å². The molecule has 1 fully saturated rings. The number of hydrogen-bond donors (Lipinski definition) is 2. The maximum absolute atomic E-state index is 12.2. The topological polar surface area (TPSA) is 61.8 Å². The molecule has 1 aromatic rings. The van der Waals surface area contributed by atoms with Gasteiger partial charge in [-0.25, -0.2) is 4.79 Å². The normalized spacial score (nSPS) is 18.4. The third-order valence-electron chi connectivity index (χ3n) is 2.85. The van der Waals surface area contributed by atoms with Gasteiger partial charge in [-0.15, -0.1) is 0 Å². The first-order valence-corrected chi connectivity index (χ1v) is 6.32. The minimum absolute atomic E-state index is 0.0277. The second-order valence-electron chi connectivity index (χ2n) is 4.34. The smallest absolute Gasteiger partial charge is 0.387 e. The van der Waals surface area contributed by atoms with E-state index in [2.05, 4.69) is 10.1 Å². The monoisotopic (exact) mass is 306 g/mol. The molecule has 0 radical (unpaired) electrons. The summed E-state index contributed by atoms with van der Waals surface area (Å²) in [4.78, 5) is 13.3. The molecule has 1 aromatic carbocycles. The number of benzene rings is 1. The Morgan fingerprint density at radius 3 is 2.90 bits per heavy atom. The molecule has 2 rings (SSSR count). The lowest BCUT2D eigenvalue weighted by Gasteiger charge is -2.17. The van der Waals surface area contributed by atoms with Gasteiger partial charge in [-0.1, -0.05) is 11.6 Å². The zero-order chi connectivity index (χ0) is 14.7. The summed E-state index contributed by atoms with van der Waals surface area (Å²) in [5.41, 5.74) is 0.288. The lowest BCUT2D eigenvalue weighted by Crippen LogP contribution is -2.33. The maximum Gasteiger partial charge on any atom is 0.387 e. The van der Waals surface area contributed by atoms with E-state index >= 15 is 0 Å². The number of anilines is 1. The lowest BCUT2D eigenvalue weighted by molar-refractivity contribution is -0.0497. The molecule has 1 heterocycles. The first kappa shape index (κ1) is 14.8. The van der Waals surface area contributed by atoms with Crippen LogP contribution in [-0.4, -0.2) is 41.8 Å². The van der Waals surface area contributed by atoms with Crippen LogP contribution in [0.15, 0.2) is 18.2 Å². The SMILES string of the molecule is O=C(Nc1ccc(Cl)c(OC(F)F)c1)N1CC[C@H](O)C1. The van der Waals surface area contributed by atoms with Gasteiger partial charge in [0.05, 0.1) is 11.1 Å². The number of carbonyl (C=O) groups is 1. The average Bonchev–Trinajstić information content (AvgIpc) is 2.79. The molecule has 1 atom stereocenters. The van der Waals surface area contributed by atoms with Crippen molar-refractivity contribution in [3.63, 3.8) is 0 Å². The second kappa shape index (κ2) is 6.23. The summed E-state index contributed by atoms with van der Waals surface area (Å²) in [7, 11) is 0. The van der Waals surface area contributed by atoms with Crippen molar-refractivity contribution in [2.45, 2.75) is 19.1 Å². The van der Waals surface area contributed by atoms with Gasteiger partial charge in [0, 0.05) is 24.8 Å². The first-order chi connectivity index (χ1) is 9.45. The van der Waals surface area contributed by atoms with E-state index in [1.165, 1.54) is 23.1 Å². The number of aliphatic hydroxyl groups excluding tert-OH is 1. The van der Waals surface area contributed by atoms with Crippen molar-refractivity contribution in [3.05, 3.63) is 23.2 Å². The lowest BCUT2D eigenvalue weighted by atomic mass is 10.3. The highest BCUT2D eigenvalue weighted by atomic mass is 35.5. The van der Waals surface area contributed by atoms with Crippen LogP contribution in [0.2, 0.25) is 5.02 Å². The average molecular weight is 307 g/mol. The van der Waals surface area contributed by atoms with Gasteiger partial charge >= 0.3 is 12.6 Å². The molecule has 0 saturated carbocycles. The minimum Gasteiger partial charge on any atom is -0.433 e. The van der Waals surface area contributed by atoms with E-state index in [1.54, 1.807) is 0 Å². The van der Waals surface area contributed by atoms with Crippen LogP contribution in [0.4, 0.5) is 19.3 Å². The molecule has 1 saturated heterocycles. The quantitative estimate of drug-likeness (QED) is 0.902. The Labute approximate surface area is 119 Å².